The molecule has 0 saturated heterocycles. The lowest BCUT2D eigenvalue weighted by molar-refractivity contribution is -0.136. The first-order chi connectivity index (χ1) is 16.0. The smallest absolute Gasteiger partial charge is 0.307 e. The van der Waals surface area contributed by atoms with Crippen LogP contribution in [0.2, 0.25) is 0 Å². The largest absolute Gasteiger partial charge is 0.481 e. The fourth-order valence-corrected chi connectivity index (χ4v) is 4.70. The van der Waals surface area contributed by atoms with Gasteiger partial charge in [0.15, 0.2) is 0 Å². The maximum Gasteiger partial charge on any atom is 0.307 e. The zero-order valence-corrected chi connectivity index (χ0v) is 18.7. The molecule has 4 aromatic rings. The lowest BCUT2D eigenvalue weighted by Crippen LogP contribution is -2.32. The third-order valence-corrected chi connectivity index (χ3v) is 6.43. The molecule has 0 aliphatic carbocycles. The molecule has 1 aromatic heterocycles. The van der Waals surface area contributed by atoms with Gasteiger partial charge in [-0.15, -0.1) is 0 Å². The molecule has 6 nitrogen and oxygen atoms in total. The molecule has 3 aromatic carbocycles. The standard InChI is InChI=1S/C27H26N2O4/c1-16-19(14-28)6-3-7-21(16)22-12-20(11-18-9-10-32-26(18)22)24-15-29(2)23-8-4-5-17(13-25(30)31)27(23)33-24/h3-12,24H,13-15,28H2,1-2H3,(H,30,31)/t24-/m1/s1. The predicted octanol–water partition coefficient (Wildman–Crippen LogP) is 5.06. The number of para-hydroxylation sites is 1. The molecule has 0 saturated carbocycles. The van der Waals surface area contributed by atoms with Crippen molar-refractivity contribution in [3.05, 3.63) is 83.1 Å². The summed E-state index contributed by atoms with van der Waals surface area (Å²) in [7, 11) is 2.01. The Balaban J connectivity index is 1.62. The summed E-state index contributed by atoms with van der Waals surface area (Å²) < 4.78 is 12.3. The molecule has 168 valence electrons. The number of benzene rings is 3. The van der Waals surface area contributed by atoms with E-state index in [2.05, 4.69) is 30.0 Å². The lowest BCUT2D eigenvalue weighted by Gasteiger charge is -2.35. The number of ether oxygens (including phenoxy) is 1. The van der Waals surface area contributed by atoms with E-state index in [4.69, 9.17) is 14.9 Å². The van der Waals surface area contributed by atoms with Crippen LogP contribution in [0.3, 0.4) is 0 Å². The van der Waals surface area contributed by atoms with Gasteiger partial charge in [-0.2, -0.15) is 0 Å². The molecule has 2 heterocycles. The molecule has 1 aliphatic heterocycles. The predicted molar refractivity (Wildman–Crippen MR) is 129 cm³/mol. The van der Waals surface area contributed by atoms with Crippen molar-refractivity contribution in [1.82, 2.24) is 0 Å². The Morgan fingerprint density at radius 3 is 2.70 bits per heavy atom. The van der Waals surface area contributed by atoms with Gasteiger partial charge in [-0.1, -0.05) is 30.3 Å². The lowest BCUT2D eigenvalue weighted by atomic mass is 9.92. The zero-order valence-electron chi connectivity index (χ0n) is 18.7. The van der Waals surface area contributed by atoms with Gasteiger partial charge in [0.25, 0.3) is 0 Å². The van der Waals surface area contributed by atoms with Gasteiger partial charge in [0.1, 0.15) is 17.4 Å². The minimum absolute atomic E-state index is 0.0825. The molecule has 0 fully saturated rings. The average molecular weight is 443 g/mol. The van der Waals surface area contributed by atoms with Crippen LogP contribution in [-0.4, -0.2) is 24.7 Å². The van der Waals surface area contributed by atoms with Gasteiger partial charge >= 0.3 is 5.97 Å². The molecular weight excluding hydrogens is 416 g/mol. The summed E-state index contributed by atoms with van der Waals surface area (Å²) in [6.07, 6.45) is 1.36. The first kappa shape index (κ1) is 21.1. The van der Waals surface area contributed by atoms with Crippen LogP contribution in [0.5, 0.6) is 5.75 Å². The molecular formula is C27H26N2O4. The molecule has 0 amide bonds. The second kappa shape index (κ2) is 8.30. The monoisotopic (exact) mass is 442 g/mol. The van der Waals surface area contributed by atoms with E-state index in [0.29, 0.717) is 24.4 Å². The van der Waals surface area contributed by atoms with E-state index in [0.717, 1.165) is 44.5 Å². The third-order valence-electron chi connectivity index (χ3n) is 6.43. The molecule has 33 heavy (non-hydrogen) atoms. The Hall–Kier alpha value is -3.77. The van der Waals surface area contributed by atoms with Gasteiger partial charge < -0.3 is 24.9 Å². The van der Waals surface area contributed by atoms with Gasteiger partial charge in [-0.25, -0.2) is 0 Å². The molecule has 6 heteroatoms. The second-order valence-corrected chi connectivity index (χ2v) is 8.52. The Morgan fingerprint density at radius 1 is 1.12 bits per heavy atom. The topological polar surface area (TPSA) is 88.9 Å². The SMILES string of the molecule is Cc1c(CN)cccc1-c1cc([C@H]2CN(C)c3cccc(CC(=O)O)c3O2)cc2ccoc12. The van der Waals surface area contributed by atoms with Crippen molar-refractivity contribution in [2.75, 3.05) is 18.5 Å². The number of rotatable bonds is 5. The summed E-state index contributed by atoms with van der Waals surface area (Å²) in [5.41, 5.74) is 13.7. The van der Waals surface area contributed by atoms with Crippen LogP contribution in [0, 0.1) is 6.92 Å². The maximum absolute atomic E-state index is 11.4. The van der Waals surface area contributed by atoms with E-state index in [1.165, 1.54) is 0 Å². The highest BCUT2D eigenvalue weighted by Crippen LogP contribution is 2.42. The van der Waals surface area contributed by atoms with Gasteiger partial charge in [0.2, 0.25) is 0 Å². The van der Waals surface area contributed by atoms with E-state index < -0.39 is 5.97 Å². The Bertz CT molecular complexity index is 1360. The molecule has 1 aliphatic rings. The van der Waals surface area contributed by atoms with Crippen LogP contribution in [0.4, 0.5) is 5.69 Å². The number of hydrogen-bond acceptors (Lipinski definition) is 5. The van der Waals surface area contributed by atoms with Crippen molar-refractivity contribution >= 4 is 22.6 Å². The number of carbonyl (C=O) groups is 1. The number of furan rings is 1. The molecule has 0 bridgehead atoms. The molecule has 0 radical (unpaired) electrons. The highest BCUT2D eigenvalue weighted by Gasteiger charge is 2.28. The minimum Gasteiger partial charge on any atom is -0.481 e. The Kier molecular flexibility index (Phi) is 5.30. The van der Waals surface area contributed by atoms with Gasteiger partial charge in [0, 0.05) is 30.1 Å². The van der Waals surface area contributed by atoms with Crippen LogP contribution in [0.1, 0.15) is 28.4 Å². The Labute approximate surface area is 192 Å². The average Bonchev–Trinajstić information content (AvgIpc) is 3.28. The normalized spacial score (nSPS) is 15.4. The van der Waals surface area contributed by atoms with E-state index in [1.807, 2.05) is 43.4 Å². The molecule has 0 spiro atoms. The number of nitrogens with zero attached hydrogens (tertiary/aromatic N) is 1. The number of anilines is 1. The van der Waals surface area contributed by atoms with Crippen LogP contribution in [0.25, 0.3) is 22.1 Å². The number of likely N-dealkylation sites (N-methyl/N-ethyl adjacent to an activating group) is 1. The van der Waals surface area contributed by atoms with E-state index >= 15 is 0 Å². The van der Waals surface area contributed by atoms with E-state index in [9.17, 15) is 9.90 Å². The van der Waals surface area contributed by atoms with Crippen molar-refractivity contribution in [3.63, 3.8) is 0 Å². The number of hydrogen-bond donors (Lipinski definition) is 2. The van der Waals surface area contributed by atoms with Gasteiger partial charge in [0.05, 0.1) is 24.9 Å². The number of aliphatic carboxylic acids is 1. The summed E-state index contributed by atoms with van der Waals surface area (Å²) >= 11 is 0. The quantitative estimate of drug-likeness (QED) is 0.449. The van der Waals surface area contributed by atoms with E-state index in [1.54, 1.807) is 6.26 Å². The van der Waals surface area contributed by atoms with Crippen molar-refractivity contribution < 1.29 is 19.1 Å². The van der Waals surface area contributed by atoms with Crippen LogP contribution >= 0.6 is 0 Å². The summed E-state index contributed by atoms with van der Waals surface area (Å²) in [5, 5.41) is 10.4. The highest BCUT2D eigenvalue weighted by molar-refractivity contribution is 5.94. The maximum atomic E-state index is 11.4. The van der Waals surface area contributed by atoms with E-state index in [-0.39, 0.29) is 12.5 Å². The first-order valence-electron chi connectivity index (χ1n) is 11.0. The summed E-state index contributed by atoms with van der Waals surface area (Å²) in [6, 6.07) is 18.0. The molecule has 5 rings (SSSR count). The molecule has 3 N–H and O–H groups in total. The Morgan fingerprint density at radius 2 is 1.91 bits per heavy atom. The van der Waals surface area contributed by atoms with Gasteiger partial charge in [-0.3, -0.25) is 4.79 Å². The summed E-state index contributed by atoms with van der Waals surface area (Å²) in [4.78, 5) is 13.5. The molecule has 1 atom stereocenters. The number of carboxylic acid groups (broad SMARTS) is 1. The van der Waals surface area contributed by atoms with Crippen molar-refractivity contribution in [2.24, 2.45) is 5.73 Å². The summed E-state index contributed by atoms with van der Waals surface area (Å²) in [5.74, 6) is -0.247. The van der Waals surface area contributed by atoms with Crippen molar-refractivity contribution in [1.29, 1.82) is 0 Å². The summed E-state index contributed by atoms with van der Waals surface area (Å²) in [6.45, 7) is 3.20. The van der Waals surface area contributed by atoms with Crippen LogP contribution < -0.4 is 15.4 Å². The van der Waals surface area contributed by atoms with Crippen LogP contribution in [-0.2, 0) is 17.8 Å². The van der Waals surface area contributed by atoms with Crippen molar-refractivity contribution in [2.45, 2.75) is 26.0 Å². The first-order valence-corrected chi connectivity index (χ1v) is 11.0. The third kappa shape index (κ3) is 3.72. The number of fused-ring (bicyclic) bond motifs is 2. The van der Waals surface area contributed by atoms with Crippen molar-refractivity contribution in [3.8, 4) is 16.9 Å². The molecule has 0 unspecified atom stereocenters. The zero-order chi connectivity index (χ0) is 23.1. The minimum atomic E-state index is -0.880. The highest BCUT2D eigenvalue weighted by atomic mass is 16.5. The van der Waals surface area contributed by atoms with Crippen LogP contribution in [0.15, 0.2) is 65.3 Å². The number of carboxylic acids is 1. The number of nitrogens with two attached hydrogens (primary N) is 1. The fraction of sp³-hybridized carbons (Fsp3) is 0.222. The fourth-order valence-electron chi connectivity index (χ4n) is 4.70. The second-order valence-electron chi connectivity index (χ2n) is 8.52. The van der Waals surface area contributed by atoms with Gasteiger partial charge in [-0.05, 0) is 53.4 Å².